The molecule has 10 heteroatoms. The van der Waals surface area contributed by atoms with Gasteiger partial charge in [0.25, 0.3) is 0 Å². The lowest BCUT2D eigenvalue weighted by Crippen LogP contribution is -2.50. The van der Waals surface area contributed by atoms with E-state index in [1.807, 2.05) is 0 Å². The molecule has 2 heterocycles. The van der Waals surface area contributed by atoms with Gasteiger partial charge in [0.05, 0.1) is 28.5 Å². The minimum atomic E-state index is -3.64. The Kier molecular flexibility index (Phi) is 3.71. The van der Waals surface area contributed by atoms with Crippen LogP contribution in [0, 0.1) is 0 Å². The summed E-state index contributed by atoms with van der Waals surface area (Å²) in [4.78, 5) is 7.11. The van der Waals surface area contributed by atoms with Gasteiger partial charge in [0.15, 0.2) is 0 Å². The fraction of sp³-hybridized carbons (Fsp3) is 0.417. The van der Waals surface area contributed by atoms with E-state index in [4.69, 9.17) is 0 Å². The van der Waals surface area contributed by atoms with Crippen molar-refractivity contribution in [1.82, 2.24) is 18.6 Å². The van der Waals surface area contributed by atoms with Crippen molar-refractivity contribution in [1.29, 1.82) is 0 Å². The Morgan fingerprint density at radius 3 is 2.32 bits per heavy atom. The van der Waals surface area contributed by atoms with Crippen molar-refractivity contribution >= 4 is 31.1 Å². The monoisotopic (exact) mass is 344 g/mol. The normalized spacial score (nSPS) is 18.8. The van der Waals surface area contributed by atoms with Crippen molar-refractivity contribution < 1.29 is 16.8 Å². The van der Waals surface area contributed by atoms with E-state index in [0.29, 0.717) is 11.0 Å². The lowest BCUT2D eigenvalue weighted by Gasteiger charge is -2.32. The van der Waals surface area contributed by atoms with Crippen LogP contribution in [0.15, 0.2) is 29.4 Å². The van der Waals surface area contributed by atoms with Gasteiger partial charge in [0, 0.05) is 26.2 Å². The van der Waals surface area contributed by atoms with Crippen molar-refractivity contribution in [2.45, 2.75) is 4.90 Å². The maximum Gasteiger partial charge on any atom is 0.243 e. The predicted molar refractivity (Wildman–Crippen MR) is 81.3 cm³/mol. The molecule has 0 atom stereocenters. The van der Waals surface area contributed by atoms with E-state index < -0.39 is 20.0 Å². The number of imidazole rings is 1. The first kappa shape index (κ1) is 15.4. The minimum Gasteiger partial charge on any atom is -0.345 e. The summed E-state index contributed by atoms with van der Waals surface area (Å²) in [5, 5.41) is 0. The van der Waals surface area contributed by atoms with Gasteiger partial charge < -0.3 is 4.98 Å². The molecule has 0 unspecified atom stereocenters. The Hall–Kier alpha value is -1.49. The number of nitrogens with zero attached hydrogens (tertiary/aromatic N) is 3. The molecule has 3 rings (SSSR count). The average molecular weight is 344 g/mol. The first-order valence-electron chi connectivity index (χ1n) is 6.67. The Labute approximate surface area is 128 Å². The number of piperazine rings is 1. The molecule has 0 amide bonds. The van der Waals surface area contributed by atoms with Crippen LogP contribution in [0.5, 0.6) is 0 Å². The number of hydrogen-bond donors (Lipinski definition) is 1. The minimum absolute atomic E-state index is 0.149. The number of aromatic nitrogens is 2. The fourth-order valence-corrected chi connectivity index (χ4v) is 4.74. The molecular formula is C12H16N4O4S2. The number of rotatable bonds is 3. The summed E-state index contributed by atoms with van der Waals surface area (Å²) in [6.45, 7) is 0.640. The molecule has 1 aliphatic heterocycles. The quantitative estimate of drug-likeness (QED) is 0.832. The molecule has 0 bridgehead atoms. The Morgan fingerprint density at radius 2 is 1.68 bits per heavy atom. The number of H-pyrrole nitrogens is 1. The SMILES string of the molecule is CS(=O)(=O)N1CCN(S(=O)(=O)c2ccc3nc[nH]c3c2)CC1. The summed E-state index contributed by atoms with van der Waals surface area (Å²) in [7, 11) is -6.92. The molecule has 1 aliphatic rings. The molecular weight excluding hydrogens is 328 g/mol. The zero-order valence-electron chi connectivity index (χ0n) is 11.9. The standard InChI is InChI=1S/C12H16N4O4S2/c1-21(17,18)15-4-6-16(7-5-15)22(19,20)10-2-3-11-12(8-10)14-9-13-11/h2-3,8-9H,4-7H2,1H3,(H,13,14). The van der Waals surface area contributed by atoms with Gasteiger partial charge in [-0.25, -0.2) is 21.8 Å². The number of hydrogen-bond acceptors (Lipinski definition) is 5. The van der Waals surface area contributed by atoms with Crippen molar-refractivity contribution in [3.8, 4) is 0 Å². The summed E-state index contributed by atoms with van der Waals surface area (Å²) >= 11 is 0. The largest absolute Gasteiger partial charge is 0.345 e. The lowest BCUT2D eigenvalue weighted by molar-refractivity contribution is 0.274. The van der Waals surface area contributed by atoms with Gasteiger partial charge in [0.2, 0.25) is 20.0 Å². The molecule has 0 aliphatic carbocycles. The van der Waals surface area contributed by atoms with E-state index in [0.717, 1.165) is 6.26 Å². The van der Waals surface area contributed by atoms with E-state index in [2.05, 4.69) is 9.97 Å². The van der Waals surface area contributed by atoms with Gasteiger partial charge in [-0.3, -0.25) is 0 Å². The van der Waals surface area contributed by atoms with Crippen LogP contribution in [0.25, 0.3) is 11.0 Å². The Morgan fingerprint density at radius 1 is 1.05 bits per heavy atom. The highest BCUT2D eigenvalue weighted by molar-refractivity contribution is 7.89. The molecule has 22 heavy (non-hydrogen) atoms. The van der Waals surface area contributed by atoms with Crippen LogP contribution in [0.1, 0.15) is 0 Å². The molecule has 0 spiro atoms. The van der Waals surface area contributed by atoms with E-state index in [-0.39, 0.29) is 31.1 Å². The predicted octanol–water partition coefficient (Wildman–Crippen LogP) is -0.171. The Balaban J connectivity index is 1.84. The third-order valence-corrected chi connectivity index (χ3v) is 6.89. The second kappa shape index (κ2) is 5.30. The maximum atomic E-state index is 12.6. The van der Waals surface area contributed by atoms with Crippen LogP contribution in [-0.2, 0) is 20.0 Å². The van der Waals surface area contributed by atoms with Gasteiger partial charge in [0.1, 0.15) is 0 Å². The van der Waals surface area contributed by atoms with E-state index in [1.54, 1.807) is 12.1 Å². The fourth-order valence-electron chi connectivity index (χ4n) is 2.47. The molecule has 1 N–H and O–H groups in total. The number of sulfonamides is 2. The van der Waals surface area contributed by atoms with Crippen molar-refractivity contribution in [2.75, 3.05) is 32.4 Å². The zero-order chi connectivity index (χ0) is 16.0. The lowest BCUT2D eigenvalue weighted by atomic mass is 10.3. The molecule has 1 fully saturated rings. The highest BCUT2D eigenvalue weighted by atomic mass is 32.2. The molecule has 0 radical (unpaired) electrons. The van der Waals surface area contributed by atoms with Crippen molar-refractivity contribution in [3.63, 3.8) is 0 Å². The summed E-state index contributed by atoms with van der Waals surface area (Å²) in [6, 6.07) is 4.70. The third kappa shape index (κ3) is 2.74. The van der Waals surface area contributed by atoms with E-state index in [9.17, 15) is 16.8 Å². The van der Waals surface area contributed by atoms with Gasteiger partial charge in [-0.2, -0.15) is 8.61 Å². The molecule has 2 aromatic rings. The van der Waals surface area contributed by atoms with Gasteiger partial charge >= 0.3 is 0 Å². The second-order valence-electron chi connectivity index (χ2n) is 5.15. The van der Waals surface area contributed by atoms with Crippen LogP contribution >= 0.6 is 0 Å². The molecule has 8 nitrogen and oxygen atoms in total. The number of nitrogens with one attached hydrogen (secondary N) is 1. The van der Waals surface area contributed by atoms with Crippen LogP contribution in [0.4, 0.5) is 0 Å². The van der Waals surface area contributed by atoms with E-state index >= 15 is 0 Å². The average Bonchev–Trinajstić information content (AvgIpc) is 2.94. The maximum absolute atomic E-state index is 12.6. The molecule has 120 valence electrons. The molecule has 0 saturated carbocycles. The van der Waals surface area contributed by atoms with Gasteiger partial charge in [-0.15, -0.1) is 0 Å². The molecule has 1 aromatic carbocycles. The highest BCUT2D eigenvalue weighted by Crippen LogP contribution is 2.21. The first-order valence-corrected chi connectivity index (χ1v) is 9.96. The van der Waals surface area contributed by atoms with Crippen molar-refractivity contribution in [3.05, 3.63) is 24.5 Å². The number of fused-ring (bicyclic) bond motifs is 1. The molecule has 1 saturated heterocycles. The van der Waals surface area contributed by atoms with Crippen LogP contribution in [0.2, 0.25) is 0 Å². The van der Waals surface area contributed by atoms with Crippen LogP contribution in [-0.4, -0.2) is 67.8 Å². The van der Waals surface area contributed by atoms with Crippen LogP contribution in [0.3, 0.4) is 0 Å². The molecule has 1 aromatic heterocycles. The smallest absolute Gasteiger partial charge is 0.243 e. The van der Waals surface area contributed by atoms with Gasteiger partial charge in [-0.05, 0) is 18.2 Å². The second-order valence-corrected chi connectivity index (χ2v) is 9.07. The third-order valence-electron chi connectivity index (χ3n) is 3.70. The topological polar surface area (TPSA) is 103 Å². The summed E-state index contributed by atoms with van der Waals surface area (Å²) in [5.41, 5.74) is 1.34. The summed E-state index contributed by atoms with van der Waals surface area (Å²) in [5.74, 6) is 0. The zero-order valence-corrected chi connectivity index (χ0v) is 13.6. The summed E-state index contributed by atoms with van der Waals surface area (Å²) < 4.78 is 50.8. The van der Waals surface area contributed by atoms with Gasteiger partial charge in [-0.1, -0.05) is 0 Å². The van der Waals surface area contributed by atoms with Crippen molar-refractivity contribution in [2.24, 2.45) is 0 Å². The Bertz CT molecular complexity index is 896. The highest BCUT2D eigenvalue weighted by Gasteiger charge is 2.31. The summed E-state index contributed by atoms with van der Waals surface area (Å²) in [6.07, 6.45) is 2.63. The number of benzene rings is 1. The van der Waals surface area contributed by atoms with E-state index in [1.165, 1.54) is 21.0 Å². The first-order chi connectivity index (χ1) is 10.3. The number of aromatic amines is 1. The van der Waals surface area contributed by atoms with Crippen LogP contribution < -0.4 is 0 Å².